The maximum absolute atomic E-state index is 12.7. The van der Waals surface area contributed by atoms with Gasteiger partial charge in [-0.3, -0.25) is 0 Å². The second kappa shape index (κ2) is 7.40. The molecule has 0 amide bonds. The fraction of sp³-hybridized carbons (Fsp3) is 0.786. The lowest BCUT2D eigenvalue weighted by molar-refractivity contribution is -0.141. The molecule has 0 aromatic carbocycles. The molecule has 0 saturated carbocycles. The van der Waals surface area contributed by atoms with E-state index in [0.29, 0.717) is 38.4 Å². The van der Waals surface area contributed by atoms with Crippen LogP contribution in [0.15, 0.2) is 6.20 Å². The molecular weight excluding hydrogens is 345 g/mol. The first-order valence-electron chi connectivity index (χ1n) is 7.90. The first-order valence-corrected chi connectivity index (χ1v) is 9.55. The van der Waals surface area contributed by atoms with E-state index in [2.05, 4.69) is 9.71 Å². The third-order valence-corrected chi connectivity index (χ3v) is 5.55. The van der Waals surface area contributed by atoms with Crippen LogP contribution in [0.25, 0.3) is 0 Å². The highest BCUT2D eigenvalue weighted by atomic mass is 32.2. The molecule has 1 atom stereocenters. The van der Waals surface area contributed by atoms with Crippen molar-refractivity contribution in [3.8, 4) is 0 Å². The van der Waals surface area contributed by atoms with Crippen molar-refractivity contribution in [2.45, 2.75) is 32.5 Å². The van der Waals surface area contributed by atoms with E-state index in [1.807, 2.05) is 11.9 Å². The molecule has 0 spiro atoms. The van der Waals surface area contributed by atoms with Gasteiger partial charge in [-0.15, -0.1) is 0 Å². The zero-order valence-corrected chi connectivity index (χ0v) is 14.6. The minimum absolute atomic E-state index is 0.0459. The molecule has 6 nitrogen and oxygen atoms in total. The van der Waals surface area contributed by atoms with Gasteiger partial charge in [-0.2, -0.15) is 13.2 Å². The standard InChI is InChI=1S/C14H23F3N4O2S/c1-3-24(22,23)18-6-7-20(2)8-11-4-5-13-19-12(14(15,16)17)10-21(13)9-11/h10-11,18H,3-9H2,1-2H3/t11-/m1/s1. The highest BCUT2D eigenvalue weighted by molar-refractivity contribution is 7.89. The van der Waals surface area contributed by atoms with Crippen LogP contribution in [0.4, 0.5) is 13.2 Å². The lowest BCUT2D eigenvalue weighted by Crippen LogP contribution is -2.37. The zero-order chi connectivity index (χ0) is 18.0. The van der Waals surface area contributed by atoms with Crippen LogP contribution in [0.2, 0.25) is 0 Å². The van der Waals surface area contributed by atoms with Gasteiger partial charge < -0.3 is 9.47 Å². The Balaban J connectivity index is 1.84. The van der Waals surface area contributed by atoms with Crippen LogP contribution in [0.5, 0.6) is 0 Å². The second-order valence-electron chi connectivity index (χ2n) is 6.16. The van der Waals surface area contributed by atoms with Crippen LogP contribution >= 0.6 is 0 Å². The van der Waals surface area contributed by atoms with Gasteiger partial charge in [0.15, 0.2) is 5.69 Å². The van der Waals surface area contributed by atoms with Crippen molar-refractivity contribution in [2.24, 2.45) is 5.92 Å². The predicted octanol–water partition coefficient (Wildman–Crippen LogP) is 1.34. The molecule has 1 aliphatic heterocycles. The number of alkyl halides is 3. The van der Waals surface area contributed by atoms with E-state index in [0.717, 1.165) is 12.6 Å². The fourth-order valence-electron chi connectivity index (χ4n) is 2.83. The maximum Gasteiger partial charge on any atom is 0.434 e. The van der Waals surface area contributed by atoms with Crippen molar-refractivity contribution in [3.63, 3.8) is 0 Å². The van der Waals surface area contributed by atoms with Gasteiger partial charge >= 0.3 is 6.18 Å². The van der Waals surface area contributed by atoms with Crippen LogP contribution in [0, 0.1) is 5.92 Å². The maximum atomic E-state index is 12.7. The Bertz CT molecular complexity index is 657. The number of aromatic nitrogens is 2. The molecule has 1 aromatic rings. The van der Waals surface area contributed by atoms with Gasteiger partial charge in [-0.25, -0.2) is 18.1 Å². The molecule has 0 saturated heterocycles. The summed E-state index contributed by atoms with van der Waals surface area (Å²) < 4.78 is 64.9. The van der Waals surface area contributed by atoms with Crippen molar-refractivity contribution in [1.29, 1.82) is 0 Å². The summed E-state index contributed by atoms with van der Waals surface area (Å²) in [6.07, 6.45) is -2.03. The number of nitrogens with zero attached hydrogens (tertiary/aromatic N) is 3. The average Bonchev–Trinajstić information content (AvgIpc) is 2.90. The number of nitrogens with one attached hydrogen (secondary N) is 1. The topological polar surface area (TPSA) is 67.2 Å². The molecule has 138 valence electrons. The Morgan fingerprint density at radius 3 is 2.79 bits per heavy atom. The summed E-state index contributed by atoms with van der Waals surface area (Å²) in [6, 6.07) is 0. The number of halogens is 3. The first kappa shape index (κ1) is 19.2. The minimum Gasteiger partial charge on any atom is -0.334 e. The van der Waals surface area contributed by atoms with Gasteiger partial charge in [-0.05, 0) is 26.3 Å². The van der Waals surface area contributed by atoms with E-state index in [9.17, 15) is 21.6 Å². The summed E-state index contributed by atoms with van der Waals surface area (Å²) in [4.78, 5) is 5.66. The van der Waals surface area contributed by atoms with Crippen LogP contribution in [0.1, 0.15) is 24.9 Å². The Hall–Kier alpha value is -1.13. The number of aryl methyl sites for hydroxylation is 1. The molecule has 0 bridgehead atoms. The minimum atomic E-state index is -4.41. The molecule has 0 unspecified atom stereocenters. The second-order valence-corrected chi connectivity index (χ2v) is 8.25. The summed E-state index contributed by atoms with van der Waals surface area (Å²) in [5, 5.41) is 0. The summed E-state index contributed by atoms with van der Waals surface area (Å²) >= 11 is 0. The van der Waals surface area contributed by atoms with Crippen LogP contribution < -0.4 is 4.72 Å². The van der Waals surface area contributed by atoms with Gasteiger partial charge in [0.25, 0.3) is 0 Å². The van der Waals surface area contributed by atoms with E-state index in [1.165, 1.54) is 0 Å². The molecule has 2 rings (SSSR count). The summed E-state index contributed by atoms with van der Waals surface area (Å²) in [5.74, 6) is 0.752. The Labute approximate surface area is 140 Å². The quantitative estimate of drug-likeness (QED) is 0.789. The van der Waals surface area contributed by atoms with Crippen molar-refractivity contribution in [2.75, 3.05) is 32.4 Å². The number of rotatable bonds is 7. The van der Waals surface area contributed by atoms with Gasteiger partial charge in [-0.1, -0.05) is 0 Å². The van der Waals surface area contributed by atoms with Crippen LogP contribution in [-0.4, -0.2) is 55.3 Å². The van der Waals surface area contributed by atoms with Crippen LogP contribution in [0.3, 0.4) is 0 Å². The lowest BCUT2D eigenvalue weighted by Gasteiger charge is -2.28. The van der Waals surface area contributed by atoms with Crippen LogP contribution in [-0.2, 0) is 29.2 Å². The number of fused-ring (bicyclic) bond motifs is 1. The number of likely N-dealkylation sites (N-methyl/N-ethyl adjacent to an activating group) is 1. The van der Waals surface area contributed by atoms with E-state index in [4.69, 9.17) is 0 Å². The Morgan fingerprint density at radius 1 is 1.46 bits per heavy atom. The SMILES string of the molecule is CCS(=O)(=O)NCCN(C)C[C@H]1CCc2nc(C(F)(F)F)cn2C1. The molecule has 0 fully saturated rings. The summed E-state index contributed by atoms with van der Waals surface area (Å²) in [5.41, 5.74) is -0.833. The van der Waals surface area contributed by atoms with Gasteiger partial charge in [0.1, 0.15) is 5.82 Å². The van der Waals surface area contributed by atoms with Crippen molar-refractivity contribution in [3.05, 3.63) is 17.7 Å². The molecule has 10 heteroatoms. The molecule has 0 radical (unpaired) electrons. The number of sulfonamides is 1. The highest BCUT2D eigenvalue weighted by Crippen LogP contribution is 2.30. The summed E-state index contributed by atoms with van der Waals surface area (Å²) in [6.45, 7) is 3.66. The number of hydrogen-bond acceptors (Lipinski definition) is 4. The Morgan fingerprint density at radius 2 is 2.17 bits per heavy atom. The van der Waals surface area contributed by atoms with E-state index < -0.39 is 21.9 Å². The normalized spacial score (nSPS) is 18.8. The fourth-order valence-corrected chi connectivity index (χ4v) is 3.43. The number of hydrogen-bond donors (Lipinski definition) is 1. The monoisotopic (exact) mass is 368 g/mol. The van der Waals surface area contributed by atoms with Gasteiger partial charge in [0, 0.05) is 38.8 Å². The van der Waals surface area contributed by atoms with Crippen molar-refractivity contribution in [1.82, 2.24) is 19.2 Å². The third-order valence-electron chi connectivity index (χ3n) is 4.15. The number of imidazole rings is 1. The predicted molar refractivity (Wildman–Crippen MR) is 84.0 cm³/mol. The van der Waals surface area contributed by atoms with Gasteiger partial charge in [0.2, 0.25) is 10.0 Å². The molecule has 1 N–H and O–H groups in total. The van der Waals surface area contributed by atoms with Crippen molar-refractivity contribution >= 4 is 10.0 Å². The lowest BCUT2D eigenvalue weighted by atomic mass is 9.99. The largest absolute Gasteiger partial charge is 0.434 e. The molecular formula is C14H23F3N4O2S. The molecule has 2 heterocycles. The van der Waals surface area contributed by atoms with E-state index in [1.54, 1.807) is 11.5 Å². The van der Waals surface area contributed by atoms with E-state index in [-0.39, 0.29) is 11.7 Å². The van der Waals surface area contributed by atoms with E-state index >= 15 is 0 Å². The highest BCUT2D eigenvalue weighted by Gasteiger charge is 2.35. The third kappa shape index (κ3) is 5.18. The molecule has 0 aliphatic carbocycles. The first-order chi connectivity index (χ1) is 11.1. The molecule has 24 heavy (non-hydrogen) atoms. The molecule has 1 aromatic heterocycles. The Kier molecular flexibility index (Phi) is 5.92. The smallest absolute Gasteiger partial charge is 0.334 e. The molecule has 1 aliphatic rings. The van der Waals surface area contributed by atoms with Crippen molar-refractivity contribution < 1.29 is 21.6 Å². The van der Waals surface area contributed by atoms with Gasteiger partial charge in [0.05, 0.1) is 5.75 Å². The summed E-state index contributed by atoms with van der Waals surface area (Å²) in [7, 11) is -1.32. The average molecular weight is 368 g/mol. The zero-order valence-electron chi connectivity index (χ0n) is 13.8.